The highest BCUT2D eigenvalue weighted by Gasteiger charge is 2.24. The van der Waals surface area contributed by atoms with Gasteiger partial charge < -0.3 is 13.7 Å². The summed E-state index contributed by atoms with van der Waals surface area (Å²) < 4.78 is 13.3. The van der Waals surface area contributed by atoms with E-state index in [2.05, 4.69) is 157 Å². The largest absolute Gasteiger partial charge is 0.456 e. The Balaban J connectivity index is 1.31. The number of hydrogen-bond acceptors (Lipinski definition) is 3. The molecule has 3 heteroatoms. The SMILES string of the molecule is c1ccc(-c2ccc(N(c3ccccc3)c3cc(-c4cccc5ccccc45)cc4c3oc3ccc5oc6ccccc6c5c34)cc2)cc1. The van der Waals surface area contributed by atoms with Crippen LogP contribution in [0, 0.1) is 0 Å². The topological polar surface area (TPSA) is 29.5 Å². The molecule has 0 aliphatic rings. The molecule has 0 bridgehead atoms. The fraction of sp³-hybridized carbons (Fsp3) is 0. The molecule has 10 aromatic rings. The summed E-state index contributed by atoms with van der Waals surface area (Å²) in [6, 6.07) is 62.0. The maximum Gasteiger partial charge on any atom is 0.159 e. The van der Waals surface area contributed by atoms with E-state index in [1.165, 1.54) is 27.5 Å². The Bertz CT molecular complexity index is 2810. The smallest absolute Gasteiger partial charge is 0.159 e. The number of rotatable bonds is 5. The Labute approximate surface area is 282 Å². The van der Waals surface area contributed by atoms with Crippen molar-refractivity contribution in [1.82, 2.24) is 0 Å². The van der Waals surface area contributed by atoms with Gasteiger partial charge >= 0.3 is 0 Å². The molecule has 2 heterocycles. The number of anilines is 3. The van der Waals surface area contributed by atoms with Crippen molar-refractivity contribution in [3.05, 3.63) is 176 Å². The van der Waals surface area contributed by atoms with Gasteiger partial charge in [0.15, 0.2) is 5.58 Å². The van der Waals surface area contributed by atoms with Gasteiger partial charge in [0.1, 0.15) is 16.7 Å². The number of para-hydroxylation sites is 2. The van der Waals surface area contributed by atoms with Gasteiger partial charge in [-0.05, 0) is 87.6 Å². The molecular formula is C46H29NO2. The molecule has 0 fully saturated rings. The van der Waals surface area contributed by atoms with E-state index in [0.717, 1.165) is 66.5 Å². The van der Waals surface area contributed by atoms with Crippen molar-refractivity contribution >= 4 is 71.7 Å². The van der Waals surface area contributed by atoms with Crippen LogP contribution >= 0.6 is 0 Å². The lowest BCUT2D eigenvalue weighted by atomic mass is 9.95. The molecule has 3 nitrogen and oxygen atoms in total. The van der Waals surface area contributed by atoms with Crippen LogP contribution in [0.2, 0.25) is 0 Å². The quantitative estimate of drug-likeness (QED) is 0.190. The van der Waals surface area contributed by atoms with E-state index in [-0.39, 0.29) is 0 Å². The van der Waals surface area contributed by atoms with Gasteiger partial charge in [0.05, 0.1) is 5.69 Å². The highest BCUT2D eigenvalue weighted by Crippen LogP contribution is 2.48. The molecule has 2 aromatic heterocycles. The predicted molar refractivity (Wildman–Crippen MR) is 204 cm³/mol. The van der Waals surface area contributed by atoms with Crippen LogP contribution in [0.4, 0.5) is 17.1 Å². The van der Waals surface area contributed by atoms with E-state index >= 15 is 0 Å². The van der Waals surface area contributed by atoms with Crippen molar-refractivity contribution < 1.29 is 8.83 Å². The Hall–Kier alpha value is -6.58. The van der Waals surface area contributed by atoms with E-state index in [1.54, 1.807) is 0 Å². The van der Waals surface area contributed by atoms with Crippen molar-refractivity contribution in [3.8, 4) is 22.3 Å². The normalized spacial score (nSPS) is 11.7. The van der Waals surface area contributed by atoms with Crippen molar-refractivity contribution in [3.63, 3.8) is 0 Å². The van der Waals surface area contributed by atoms with Crippen LogP contribution < -0.4 is 4.90 Å². The van der Waals surface area contributed by atoms with Crippen molar-refractivity contribution in [1.29, 1.82) is 0 Å². The molecule has 0 radical (unpaired) electrons. The van der Waals surface area contributed by atoms with Crippen LogP contribution in [0.15, 0.2) is 185 Å². The van der Waals surface area contributed by atoms with E-state index in [1.807, 2.05) is 24.3 Å². The van der Waals surface area contributed by atoms with Crippen LogP contribution in [-0.2, 0) is 0 Å². The van der Waals surface area contributed by atoms with Gasteiger partial charge in [-0.15, -0.1) is 0 Å². The molecule has 0 aliphatic carbocycles. The van der Waals surface area contributed by atoms with E-state index < -0.39 is 0 Å². The second-order valence-corrected chi connectivity index (χ2v) is 12.5. The fourth-order valence-corrected chi connectivity index (χ4v) is 7.40. The van der Waals surface area contributed by atoms with E-state index in [0.29, 0.717) is 0 Å². The third-order valence-corrected chi connectivity index (χ3v) is 9.64. The van der Waals surface area contributed by atoms with Gasteiger partial charge in [0.25, 0.3) is 0 Å². The molecule has 0 amide bonds. The molecular weight excluding hydrogens is 599 g/mol. The molecule has 0 saturated heterocycles. The van der Waals surface area contributed by atoms with Gasteiger partial charge in [-0.1, -0.05) is 121 Å². The summed E-state index contributed by atoms with van der Waals surface area (Å²) in [5, 5.41) is 6.69. The summed E-state index contributed by atoms with van der Waals surface area (Å²) in [6.07, 6.45) is 0. The molecule has 230 valence electrons. The molecule has 49 heavy (non-hydrogen) atoms. The number of hydrogen-bond donors (Lipinski definition) is 0. The van der Waals surface area contributed by atoms with Crippen LogP contribution in [0.1, 0.15) is 0 Å². The van der Waals surface area contributed by atoms with Gasteiger partial charge in [-0.3, -0.25) is 0 Å². The van der Waals surface area contributed by atoms with Crippen LogP contribution in [0.25, 0.3) is 76.9 Å². The molecule has 0 spiro atoms. The molecule has 10 rings (SSSR count). The second-order valence-electron chi connectivity index (χ2n) is 12.5. The van der Waals surface area contributed by atoms with E-state index in [9.17, 15) is 0 Å². The third-order valence-electron chi connectivity index (χ3n) is 9.64. The third kappa shape index (κ3) is 4.44. The summed E-state index contributed by atoms with van der Waals surface area (Å²) >= 11 is 0. The lowest BCUT2D eigenvalue weighted by Crippen LogP contribution is -2.10. The highest BCUT2D eigenvalue weighted by molar-refractivity contribution is 6.27. The monoisotopic (exact) mass is 627 g/mol. The minimum atomic E-state index is 0.827. The number of fused-ring (bicyclic) bond motifs is 8. The Kier molecular flexibility index (Phi) is 6.18. The fourth-order valence-electron chi connectivity index (χ4n) is 7.40. The first kappa shape index (κ1) is 27.5. The molecule has 0 atom stereocenters. The lowest BCUT2D eigenvalue weighted by Gasteiger charge is -2.26. The first-order valence-corrected chi connectivity index (χ1v) is 16.6. The Morgan fingerprint density at radius 3 is 1.80 bits per heavy atom. The maximum absolute atomic E-state index is 6.92. The van der Waals surface area contributed by atoms with Crippen molar-refractivity contribution in [2.45, 2.75) is 0 Å². The standard InChI is InChI=1S/C46H29NO2/c1-3-12-30(13-4-1)31-22-24-35(25-23-31)47(34-16-5-2-6-17-34)40-29-33(37-20-11-15-32-14-7-8-18-36(32)37)28-39-45-43(49-46(39)40)27-26-42-44(45)38-19-9-10-21-41(38)48-42/h1-29H. The predicted octanol–water partition coefficient (Wildman–Crippen LogP) is 13.4. The van der Waals surface area contributed by atoms with Crippen molar-refractivity contribution in [2.75, 3.05) is 4.90 Å². The molecule has 0 N–H and O–H groups in total. The summed E-state index contributed by atoms with van der Waals surface area (Å²) in [6.45, 7) is 0. The zero-order valence-electron chi connectivity index (χ0n) is 26.5. The molecule has 0 unspecified atom stereocenters. The van der Waals surface area contributed by atoms with Crippen LogP contribution in [0.5, 0.6) is 0 Å². The number of benzene rings is 8. The minimum Gasteiger partial charge on any atom is -0.456 e. The van der Waals surface area contributed by atoms with Gasteiger partial charge in [-0.2, -0.15) is 0 Å². The molecule has 0 aliphatic heterocycles. The zero-order chi connectivity index (χ0) is 32.3. The number of furan rings is 2. The maximum atomic E-state index is 6.92. The minimum absolute atomic E-state index is 0.827. The highest BCUT2D eigenvalue weighted by atomic mass is 16.3. The summed E-state index contributed by atoms with van der Waals surface area (Å²) in [5.41, 5.74) is 11.1. The lowest BCUT2D eigenvalue weighted by molar-refractivity contribution is 0.663. The van der Waals surface area contributed by atoms with Gasteiger partial charge in [0, 0.05) is 32.9 Å². The van der Waals surface area contributed by atoms with Crippen LogP contribution in [0.3, 0.4) is 0 Å². The Morgan fingerprint density at radius 2 is 0.980 bits per heavy atom. The molecule has 8 aromatic carbocycles. The summed E-state index contributed by atoms with van der Waals surface area (Å²) in [5.74, 6) is 0. The summed E-state index contributed by atoms with van der Waals surface area (Å²) in [4.78, 5) is 2.32. The number of nitrogens with zero attached hydrogens (tertiary/aromatic N) is 1. The van der Waals surface area contributed by atoms with Gasteiger partial charge in [0.2, 0.25) is 0 Å². The average molecular weight is 628 g/mol. The van der Waals surface area contributed by atoms with Crippen LogP contribution in [-0.4, -0.2) is 0 Å². The van der Waals surface area contributed by atoms with Crippen molar-refractivity contribution in [2.24, 2.45) is 0 Å². The molecule has 0 saturated carbocycles. The average Bonchev–Trinajstić information content (AvgIpc) is 3.74. The summed E-state index contributed by atoms with van der Waals surface area (Å²) in [7, 11) is 0. The first-order valence-electron chi connectivity index (χ1n) is 16.6. The first-order chi connectivity index (χ1) is 24.3. The second kappa shape index (κ2) is 11.0. The van der Waals surface area contributed by atoms with Gasteiger partial charge in [-0.25, -0.2) is 0 Å². The Morgan fingerprint density at radius 1 is 0.367 bits per heavy atom. The zero-order valence-corrected chi connectivity index (χ0v) is 26.5. The van der Waals surface area contributed by atoms with E-state index in [4.69, 9.17) is 8.83 Å².